The van der Waals surface area contributed by atoms with Crippen LogP contribution in [0.3, 0.4) is 0 Å². The van der Waals surface area contributed by atoms with Gasteiger partial charge in [-0.1, -0.05) is 6.92 Å². The molecule has 2 N–H and O–H groups in total. The van der Waals surface area contributed by atoms with E-state index in [4.69, 9.17) is 9.47 Å². The van der Waals surface area contributed by atoms with Crippen LogP contribution in [0.2, 0.25) is 0 Å². The lowest BCUT2D eigenvalue weighted by Crippen LogP contribution is -2.38. The van der Waals surface area contributed by atoms with Gasteiger partial charge in [-0.15, -0.1) is 11.3 Å². The van der Waals surface area contributed by atoms with Crippen LogP contribution >= 0.6 is 11.3 Å². The highest BCUT2D eigenvalue weighted by Gasteiger charge is 2.25. The zero-order valence-electron chi connectivity index (χ0n) is 22.5. The van der Waals surface area contributed by atoms with E-state index in [0.717, 1.165) is 56.3 Å². The molecule has 2 fully saturated rings. The van der Waals surface area contributed by atoms with Crippen molar-refractivity contribution >= 4 is 34.0 Å². The molecule has 0 saturated carbocycles. The number of piperidine rings is 1. The molecular weight excluding hydrogens is 532 g/mol. The summed E-state index contributed by atoms with van der Waals surface area (Å²) >= 11 is 1.42. The molecule has 5 heterocycles. The Balaban J connectivity index is 1.22. The number of rotatable bonds is 10. The molecule has 12 nitrogen and oxygen atoms in total. The third kappa shape index (κ3) is 7.29. The molecule has 13 heteroatoms. The first-order valence-corrected chi connectivity index (χ1v) is 14.5. The van der Waals surface area contributed by atoms with Crippen molar-refractivity contribution in [3.05, 3.63) is 53.1 Å². The van der Waals surface area contributed by atoms with Crippen molar-refractivity contribution in [2.24, 2.45) is 0 Å². The summed E-state index contributed by atoms with van der Waals surface area (Å²) in [6.45, 7) is 7.65. The summed E-state index contributed by atoms with van der Waals surface area (Å²) in [6.07, 6.45) is 7.34. The Bertz CT molecular complexity index is 1280. The van der Waals surface area contributed by atoms with Gasteiger partial charge in [0.25, 0.3) is 11.8 Å². The topological polar surface area (TPSA) is 135 Å². The fourth-order valence-corrected chi connectivity index (χ4v) is 5.41. The minimum atomic E-state index is -0.380. The molecule has 0 atom stereocenters. The second kappa shape index (κ2) is 13.6. The van der Waals surface area contributed by atoms with Gasteiger partial charge < -0.3 is 25.0 Å². The highest BCUT2D eigenvalue weighted by molar-refractivity contribution is 7.14. The number of ether oxygens (including phenoxy) is 2. The van der Waals surface area contributed by atoms with Crippen LogP contribution in [0.25, 0.3) is 0 Å². The zero-order chi connectivity index (χ0) is 27.7. The van der Waals surface area contributed by atoms with Gasteiger partial charge in [0, 0.05) is 69.9 Å². The summed E-state index contributed by atoms with van der Waals surface area (Å²) < 4.78 is 11.3. The van der Waals surface area contributed by atoms with E-state index in [0.29, 0.717) is 49.3 Å². The lowest BCUT2D eigenvalue weighted by molar-refractivity contribution is 0.0336. The van der Waals surface area contributed by atoms with Gasteiger partial charge in [0.05, 0.1) is 36.4 Å². The first-order chi connectivity index (χ1) is 19.6. The second-order valence-electron chi connectivity index (χ2n) is 9.67. The number of thiazole rings is 1. The number of nitrogens with one attached hydrogen (secondary N) is 2. The minimum absolute atomic E-state index is 0.0392. The average Bonchev–Trinajstić information content (AvgIpc) is 3.49. The zero-order valence-corrected chi connectivity index (χ0v) is 23.4. The Morgan fingerprint density at radius 3 is 2.62 bits per heavy atom. The maximum atomic E-state index is 13.2. The lowest BCUT2D eigenvalue weighted by Gasteiger charge is -2.31. The number of pyridine rings is 1. The number of carbonyl (C=O) groups excluding carboxylic acids is 2. The van der Waals surface area contributed by atoms with Crippen LogP contribution in [0.5, 0.6) is 6.01 Å². The largest absolute Gasteiger partial charge is 0.460 e. The Kier molecular flexibility index (Phi) is 9.47. The Hall–Kier alpha value is -3.68. The molecule has 3 aromatic heterocycles. The molecule has 0 aliphatic carbocycles. The van der Waals surface area contributed by atoms with Crippen molar-refractivity contribution in [2.75, 3.05) is 56.2 Å². The predicted molar refractivity (Wildman–Crippen MR) is 151 cm³/mol. The summed E-state index contributed by atoms with van der Waals surface area (Å²) in [7, 11) is 0. The van der Waals surface area contributed by atoms with Gasteiger partial charge in [-0.05, 0) is 18.6 Å². The number of amides is 2. The summed E-state index contributed by atoms with van der Waals surface area (Å²) in [5.74, 6) is -0.623. The van der Waals surface area contributed by atoms with E-state index >= 15 is 0 Å². The maximum Gasteiger partial charge on any atom is 0.316 e. The second-order valence-corrected chi connectivity index (χ2v) is 10.5. The van der Waals surface area contributed by atoms with Crippen LogP contribution in [-0.4, -0.2) is 88.7 Å². The van der Waals surface area contributed by atoms with Crippen LogP contribution in [-0.2, 0) is 11.3 Å². The van der Waals surface area contributed by atoms with Crippen molar-refractivity contribution < 1.29 is 19.1 Å². The fourth-order valence-electron chi connectivity index (χ4n) is 4.56. The van der Waals surface area contributed by atoms with Crippen molar-refractivity contribution in [3.8, 4) is 6.01 Å². The molecule has 5 rings (SSSR count). The van der Waals surface area contributed by atoms with Crippen LogP contribution in [0, 0.1) is 0 Å². The average molecular weight is 567 g/mol. The van der Waals surface area contributed by atoms with Crippen LogP contribution in [0.4, 0.5) is 10.8 Å². The number of anilines is 2. The van der Waals surface area contributed by atoms with E-state index in [1.807, 2.05) is 6.92 Å². The Labute approximate surface area is 237 Å². The quantitative estimate of drug-likeness (QED) is 0.377. The Morgan fingerprint density at radius 2 is 1.88 bits per heavy atom. The van der Waals surface area contributed by atoms with Gasteiger partial charge in [-0.3, -0.25) is 19.5 Å². The summed E-state index contributed by atoms with van der Waals surface area (Å²) in [5.41, 5.74) is 1.82. The van der Waals surface area contributed by atoms with E-state index in [1.165, 1.54) is 11.3 Å². The summed E-state index contributed by atoms with van der Waals surface area (Å²) in [6, 6.07) is 3.90. The third-order valence-electron chi connectivity index (χ3n) is 6.73. The SMILES string of the molecule is CCCNC(=O)c1cc(CN2CCOCC2)ncc1NC(=O)c1csc(N2CCC(Oc3ncccn3)CC2)n1. The maximum absolute atomic E-state index is 13.2. The van der Waals surface area contributed by atoms with E-state index in [9.17, 15) is 9.59 Å². The van der Waals surface area contributed by atoms with Crippen molar-refractivity contribution in [3.63, 3.8) is 0 Å². The predicted octanol–water partition coefficient (Wildman–Crippen LogP) is 2.60. The van der Waals surface area contributed by atoms with Gasteiger partial charge >= 0.3 is 6.01 Å². The monoisotopic (exact) mass is 566 g/mol. The van der Waals surface area contributed by atoms with E-state index < -0.39 is 0 Å². The van der Waals surface area contributed by atoms with Gasteiger partial charge in [-0.25, -0.2) is 15.0 Å². The molecular formula is C27H34N8O4S. The number of hydrogen-bond donors (Lipinski definition) is 2. The fraction of sp³-hybridized carbons (Fsp3) is 0.481. The molecule has 0 aromatic carbocycles. The molecule has 0 bridgehead atoms. The number of aromatic nitrogens is 4. The molecule has 3 aromatic rings. The molecule has 2 aliphatic heterocycles. The highest BCUT2D eigenvalue weighted by Crippen LogP contribution is 2.26. The number of nitrogens with zero attached hydrogens (tertiary/aromatic N) is 6. The van der Waals surface area contributed by atoms with Gasteiger partial charge in [-0.2, -0.15) is 0 Å². The molecule has 0 radical (unpaired) electrons. The van der Waals surface area contributed by atoms with Crippen LogP contribution in [0.15, 0.2) is 36.1 Å². The van der Waals surface area contributed by atoms with Gasteiger partial charge in [0.1, 0.15) is 11.8 Å². The molecule has 2 amide bonds. The molecule has 212 valence electrons. The van der Waals surface area contributed by atoms with Crippen molar-refractivity contribution in [1.29, 1.82) is 0 Å². The molecule has 2 saturated heterocycles. The standard InChI is InChI=1S/C27H34N8O4S/c1-2-6-28-24(36)21-15-19(17-34-11-13-38-14-12-34)31-16-22(21)32-25(37)23-18-40-27(33-23)35-9-4-20(5-10-35)39-26-29-7-3-8-30-26/h3,7-8,15-16,18,20H,2,4-6,9-14,17H2,1H3,(H,28,36)(H,32,37). The normalized spacial score (nSPS) is 16.5. The minimum Gasteiger partial charge on any atom is -0.460 e. The van der Waals surface area contributed by atoms with Crippen molar-refractivity contribution in [2.45, 2.75) is 38.8 Å². The van der Waals surface area contributed by atoms with Gasteiger partial charge in [0.15, 0.2) is 5.13 Å². The smallest absolute Gasteiger partial charge is 0.316 e. The molecule has 0 spiro atoms. The highest BCUT2D eigenvalue weighted by atomic mass is 32.1. The first kappa shape index (κ1) is 27.9. The van der Waals surface area contributed by atoms with E-state index in [1.54, 1.807) is 36.1 Å². The van der Waals surface area contributed by atoms with Crippen LogP contribution in [0.1, 0.15) is 52.7 Å². The van der Waals surface area contributed by atoms with E-state index in [-0.39, 0.29) is 17.9 Å². The molecule has 2 aliphatic rings. The first-order valence-electron chi connectivity index (χ1n) is 13.6. The van der Waals surface area contributed by atoms with Crippen LogP contribution < -0.4 is 20.3 Å². The lowest BCUT2D eigenvalue weighted by atomic mass is 10.1. The molecule has 0 unspecified atom stereocenters. The number of morpholine rings is 1. The number of carbonyl (C=O) groups is 2. The van der Waals surface area contributed by atoms with Gasteiger partial charge in [0.2, 0.25) is 0 Å². The summed E-state index contributed by atoms with van der Waals surface area (Å²) in [5, 5.41) is 8.29. The van der Waals surface area contributed by atoms with E-state index in [2.05, 4.69) is 40.4 Å². The summed E-state index contributed by atoms with van der Waals surface area (Å²) in [4.78, 5) is 47.9. The van der Waals surface area contributed by atoms with Crippen molar-refractivity contribution in [1.82, 2.24) is 30.2 Å². The molecule has 40 heavy (non-hydrogen) atoms. The third-order valence-corrected chi connectivity index (χ3v) is 7.63. The Morgan fingerprint density at radius 1 is 1.10 bits per heavy atom. The number of hydrogen-bond acceptors (Lipinski definition) is 11.